The van der Waals surface area contributed by atoms with E-state index in [9.17, 15) is 0 Å². The average molecular weight is 180 g/mol. The zero-order valence-electron chi connectivity index (χ0n) is 8.66. The fourth-order valence-corrected chi connectivity index (χ4v) is 1.01. The molecule has 0 heterocycles. The van der Waals surface area contributed by atoms with Crippen molar-refractivity contribution in [2.45, 2.75) is 6.61 Å². The lowest BCUT2D eigenvalue weighted by atomic mass is 10.2. The monoisotopic (exact) mass is 180 g/mol. The Labute approximate surface area is 80.3 Å². The predicted octanol–water partition coefficient (Wildman–Crippen LogP) is 1.87. The molecule has 0 saturated heterocycles. The van der Waals surface area contributed by atoms with Crippen molar-refractivity contribution in [2.75, 3.05) is 27.9 Å². The van der Waals surface area contributed by atoms with Crippen molar-refractivity contribution in [1.82, 2.24) is 0 Å². The van der Waals surface area contributed by atoms with Crippen LogP contribution in [-0.4, -0.2) is 32.4 Å². The van der Waals surface area contributed by atoms with Crippen molar-refractivity contribution in [1.29, 1.82) is 0 Å². The van der Waals surface area contributed by atoms with Gasteiger partial charge in [-0.15, -0.1) is 0 Å². The van der Waals surface area contributed by atoms with Crippen LogP contribution in [0.3, 0.4) is 0 Å². The Morgan fingerprint density at radius 3 is 2.23 bits per heavy atom. The molecule has 2 heteroatoms. The third kappa shape index (κ3) is 4.65. The smallest absolute Gasteiger partial charge is 0.182 e. The summed E-state index contributed by atoms with van der Waals surface area (Å²) in [6.45, 7) is 1.45. The van der Waals surface area contributed by atoms with Crippen LogP contribution in [-0.2, 0) is 11.3 Å². The third-order valence-electron chi connectivity index (χ3n) is 1.59. The van der Waals surface area contributed by atoms with E-state index in [1.807, 2.05) is 18.2 Å². The molecule has 0 fully saturated rings. The summed E-state index contributed by atoms with van der Waals surface area (Å²) < 4.78 is 6.40. The van der Waals surface area contributed by atoms with Crippen molar-refractivity contribution in [2.24, 2.45) is 0 Å². The van der Waals surface area contributed by atoms with Crippen LogP contribution in [0.25, 0.3) is 0 Å². The van der Waals surface area contributed by atoms with Crippen molar-refractivity contribution in [3.05, 3.63) is 35.9 Å². The first-order valence-electron chi connectivity index (χ1n) is 4.50. The molecule has 0 bridgehead atoms. The highest BCUT2D eigenvalue weighted by Gasteiger charge is 2.05. The summed E-state index contributed by atoms with van der Waals surface area (Å²) in [5.74, 6) is 0. The first-order chi connectivity index (χ1) is 6.08. The maximum absolute atomic E-state index is 5.56. The fraction of sp³-hybridized carbons (Fsp3) is 0.455. The fourth-order valence-electron chi connectivity index (χ4n) is 1.01. The van der Waals surface area contributed by atoms with Crippen LogP contribution in [0.1, 0.15) is 5.56 Å². The summed E-state index contributed by atoms with van der Waals surface area (Å²) in [5, 5.41) is 0. The van der Waals surface area contributed by atoms with Gasteiger partial charge in [0.1, 0.15) is 0 Å². The minimum absolute atomic E-state index is 0.705. The number of benzene rings is 1. The van der Waals surface area contributed by atoms with Crippen LogP contribution in [0, 0.1) is 0 Å². The van der Waals surface area contributed by atoms with Crippen molar-refractivity contribution >= 4 is 0 Å². The zero-order valence-corrected chi connectivity index (χ0v) is 8.66. The van der Waals surface area contributed by atoms with Gasteiger partial charge in [0.15, 0.2) is 6.73 Å². The Bertz CT molecular complexity index is 238. The predicted molar refractivity (Wildman–Crippen MR) is 54.1 cm³/mol. The van der Waals surface area contributed by atoms with E-state index in [0.29, 0.717) is 6.61 Å². The van der Waals surface area contributed by atoms with E-state index in [0.717, 1.165) is 11.2 Å². The summed E-state index contributed by atoms with van der Waals surface area (Å²) >= 11 is 0. The normalized spacial score (nSPS) is 11.6. The second kappa shape index (κ2) is 4.40. The standard InChI is InChI=1S/C11H18NO/c1-12(2,3)10-13-9-11-7-5-4-6-8-11/h4-8H,9-10H2,1-3H3/q+1. The van der Waals surface area contributed by atoms with Gasteiger partial charge in [0.05, 0.1) is 27.7 Å². The van der Waals surface area contributed by atoms with E-state index >= 15 is 0 Å². The number of hydrogen-bond acceptors (Lipinski definition) is 1. The molecule has 72 valence electrons. The molecule has 13 heavy (non-hydrogen) atoms. The van der Waals surface area contributed by atoms with Gasteiger partial charge >= 0.3 is 0 Å². The van der Waals surface area contributed by atoms with Crippen LogP contribution < -0.4 is 0 Å². The van der Waals surface area contributed by atoms with E-state index in [2.05, 4.69) is 33.3 Å². The Kier molecular flexibility index (Phi) is 3.46. The topological polar surface area (TPSA) is 9.23 Å². The molecule has 0 aliphatic heterocycles. The molecule has 1 aromatic rings. The molecule has 1 rings (SSSR count). The number of nitrogens with zero attached hydrogens (tertiary/aromatic N) is 1. The van der Waals surface area contributed by atoms with E-state index in [-0.39, 0.29) is 0 Å². The molecule has 0 spiro atoms. The zero-order chi connectivity index (χ0) is 9.73. The molecule has 0 amide bonds. The Balaban J connectivity index is 2.29. The molecule has 0 aliphatic rings. The Morgan fingerprint density at radius 1 is 1.08 bits per heavy atom. The lowest BCUT2D eigenvalue weighted by Gasteiger charge is -2.23. The quantitative estimate of drug-likeness (QED) is 0.507. The van der Waals surface area contributed by atoms with E-state index < -0.39 is 0 Å². The van der Waals surface area contributed by atoms with Gasteiger partial charge in [-0.2, -0.15) is 0 Å². The van der Waals surface area contributed by atoms with Gasteiger partial charge < -0.3 is 9.22 Å². The molecular weight excluding hydrogens is 162 g/mol. The van der Waals surface area contributed by atoms with Crippen LogP contribution >= 0.6 is 0 Å². The van der Waals surface area contributed by atoms with Crippen LogP contribution in [0.5, 0.6) is 0 Å². The van der Waals surface area contributed by atoms with Gasteiger partial charge in [-0.1, -0.05) is 30.3 Å². The number of hydrogen-bond donors (Lipinski definition) is 0. The maximum atomic E-state index is 5.56. The maximum Gasteiger partial charge on any atom is 0.182 e. The van der Waals surface area contributed by atoms with Crippen LogP contribution in [0.4, 0.5) is 0 Å². The van der Waals surface area contributed by atoms with Gasteiger partial charge in [-0.25, -0.2) is 0 Å². The van der Waals surface area contributed by atoms with Gasteiger partial charge in [-0.05, 0) is 5.56 Å². The van der Waals surface area contributed by atoms with E-state index in [1.54, 1.807) is 0 Å². The van der Waals surface area contributed by atoms with Crippen molar-refractivity contribution in [3.63, 3.8) is 0 Å². The van der Waals surface area contributed by atoms with Crippen LogP contribution in [0.15, 0.2) is 30.3 Å². The summed E-state index contributed by atoms with van der Waals surface area (Å²) in [6, 6.07) is 10.2. The highest BCUT2D eigenvalue weighted by atomic mass is 16.5. The van der Waals surface area contributed by atoms with Crippen LogP contribution in [0.2, 0.25) is 0 Å². The first-order valence-corrected chi connectivity index (χ1v) is 4.50. The molecular formula is C11H18NO+. The second-order valence-corrected chi connectivity index (χ2v) is 4.25. The molecule has 0 N–H and O–H groups in total. The van der Waals surface area contributed by atoms with E-state index in [4.69, 9.17) is 4.74 Å². The largest absolute Gasteiger partial charge is 0.327 e. The first kappa shape index (κ1) is 10.2. The Hall–Kier alpha value is -0.860. The second-order valence-electron chi connectivity index (χ2n) is 4.25. The van der Waals surface area contributed by atoms with Crippen molar-refractivity contribution < 1.29 is 9.22 Å². The lowest BCUT2D eigenvalue weighted by molar-refractivity contribution is -0.891. The SMILES string of the molecule is C[N+](C)(C)COCc1ccccc1. The highest BCUT2D eigenvalue weighted by Crippen LogP contribution is 2.01. The van der Waals surface area contributed by atoms with Gasteiger partial charge in [-0.3, -0.25) is 0 Å². The van der Waals surface area contributed by atoms with Gasteiger partial charge in [0.2, 0.25) is 0 Å². The molecule has 2 nitrogen and oxygen atoms in total. The van der Waals surface area contributed by atoms with Crippen molar-refractivity contribution in [3.8, 4) is 0 Å². The summed E-state index contributed by atoms with van der Waals surface area (Å²) in [7, 11) is 6.35. The third-order valence-corrected chi connectivity index (χ3v) is 1.59. The molecule has 0 aliphatic carbocycles. The van der Waals surface area contributed by atoms with Gasteiger partial charge in [0.25, 0.3) is 0 Å². The number of ether oxygens (including phenoxy) is 1. The summed E-state index contributed by atoms with van der Waals surface area (Å²) in [5.41, 5.74) is 1.23. The molecule has 0 atom stereocenters. The number of rotatable bonds is 4. The highest BCUT2D eigenvalue weighted by molar-refractivity contribution is 5.13. The average Bonchev–Trinajstić information content (AvgIpc) is 2.04. The summed E-state index contributed by atoms with van der Waals surface area (Å²) in [6.07, 6.45) is 0. The summed E-state index contributed by atoms with van der Waals surface area (Å²) in [4.78, 5) is 0. The minimum atomic E-state index is 0.705. The molecule has 0 aromatic heterocycles. The lowest BCUT2D eigenvalue weighted by Crippen LogP contribution is -2.36. The molecule has 0 radical (unpaired) electrons. The molecule has 1 aromatic carbocycles. The van der Waals surface area contributed by atoms with E-state index in [1.165, 1.54) is 5.56 Å². The van der Waals surface area contributed by atoms with Gasteiger partial charge in [0, 0.05) is 0 Å². The minimum Gasteiger partial charge on any atom is -0.327 e. The molecule has 0 saturated carbocycles. The number of quaternary nitrogens is 1. The Morgan fingerprint density at radius 2 is 1.69 bits per heavy atom. The molecule has 0 unspecified atom stereocenters.